The van der Waals surface area contributed by atoms with Crippen LogP contribution in [0.5, 0.6) is 0 Å². The number of nitrogens with zero attached hydrogens (tertiary/aromatic N) is 5. The summed E-state index contributed by atoms with van der Waals surface area (Å²) in [5.41, 5.74) is 2.22. The highest BCUT2D eigenvalue weighted by molar-refractivity contribution is 6.33. The van der Waals surface area contributed by atoms with E-state index in [1.165, 1.54) is 0 Å². The molecule has 0 bridgehead atoms. The Kier molecular flexibility index (Phi) is 5.74. The van der Waals surface area contributed by atoms with Gasteiger partial charge in [-0.15, -0.1) is 0 Å². The highest BCUT2D eigenvalue weighted by Crippen LogP contribution is 2.24. The van der Waals surface area contributed by atoms with Gasteiger partial charge in [-0.1, -0.05) is 53.5 Å². The summed E-state index contributed by atoms with van der Waals surface area (Å²) in [5.74, 6) is 0.793. The molecule has 29 heavy (non-hydrogen) atoms. The zero-order valence-corrected chi connectivity index (χ0v) is 17.6. The van der Waals surface area contributed by atoms with E-state index in [1.807, 2.05) is 54.3 Å². The summed E-state index contributed by atoms with van der Waals surface area (Å²) in [7, 11) is 0. The van der Waals surface area contributed by atoms with Crippen molar-refractivity contribution in [3.8, 4) is 0 Å². The molecular formula is C21H21Cl2N5O. The van der Waals surface area contributed by atoms with Gasteiger partial charge in [-0.05, 0) is 24.6 Å². The first-order chi connectivity index (χ1) is 14.0. The van der Waals surface area contributed by atoms with Crippen molar-refractivity contribution in [2.75, 3.05) is 31.1 Å². The van der Waals surface area contributed by atoms with E-state index in [9.17, 15) is 4.79 Å². The number of amides is 1. The van der Waals surface area contributed by atoms with E-state index in [1.54, 1.807) is 10.9 Å². The molecule has 0 unspecified atom stereocenters. The first kappa shape index (κ1) is 19.7. The third kappa shape index (κ3) is 4.23. The van der Waals surface area contributed by atoms with E-state index in [4.69, 9.17) is 23.2 Å². The van der Waals surface area contributed by atoms with Gasteiger partial charge in [0.2, 0.25) is 0 Å². The number of hydrogen-bond donors (Lipinski definition) is 0. The van der Waals surface area contributed by atoms with Crippen LogP contribution in [0.3, 0.4) is 0 Å². The molecule has 1 saturated heterocycles. The van der Waals surface area contributed by atoms with Gasteiger partial charge in [0.05, 0.1) is 22.8 Å². The summed E-state index contributed by atoms with van der Waals surface area (Å²) in [4.78, 5) is 21.5. The smallest absolute Gasteiger partial charge is 0.259 e. The molecule has 6 nitrogen and oxygen atoms in total. The fourth-order valence-electron chi connectivity index (χ4n) is 3.51. The van der Waals surface area contributed by atoms with E-state index in [2.05, 4.69) is 15.0 Å². The summed E-state index contributed by atoms with van der Waals surface area (Å²) in [6.45, 7) is 4.97. The van der Waals surface area contributed by atoms with Crippen molar-refractivity contribution in [2.45, 2.75) is 13.5 Å². The second-order valence-electron chi connectivity index (χ2n) is 7.01. The Labute approximate surface area is 179 Å². The summed E-state index contributed by atoms with van der Waals surface area (Å²) in [6, 6.07) is 13.7. The second kappa shape index (κ2) is 8.43. The van der Waals surface area contributed by atoms with Gasteiger partial charge in [0.25, 0.3) is 5.91 Å². The lowest BCUT2D eigenvalue weighted by Gasteiger charge is -2.35. The molecule has 8 heteroatoms. The number of rotatable bonds is 4. The molecule has 0 atom stereocenters. The van der Waals surface area contributed by atoms with Gasteiger partial charge in [-0.25, -0.2) is 9.67 Å². The fourth-order valence-corrected chi connectivity index (χ4v) is 3.94. The predicted octanol–water partition coefficient (Wildman–Crippen LogP) is 3.90. The summed E-state index contributed by atoms with van der Waals surface area (Å²) in [5, 5.41) is 5.49. The molecule has 4 rings (SSSR count). The van der Waals surface area contributed by atoms with Crippen molar-refractivity contribution in [3.63, 3.8) is 0 Å². The number of piperazine rings is 1. The Morgan fingerprint density at radius 2 is 1.76 bits per heavy atom. The molecule has 0 saturated carbocycles. The minimum atomic E-state index is -0.0736. The van der Waals surface area contributed by atoms with Gasteiger partial charge in [-0.2, -0.15) is 5.10 Å². The van der Waals surface area contributed by atoms with Crippen molar-refractivity contribution in [1.29, 1.82) is 0 Å². The Hall–Kier alpha value is -2.57. The Bertz CT molecular complexity index is 996. The zero-order valence-electron chi connectivity index (χ0n) is 16.1. The number of aryl methyl sites for hydroxylation is 1. The Morgan fingerprint density at radius 3 is 2.41 bits per heavy atom. The van der Waals surface area contributed by atoms with Crippen LogP contribution in [0, 0.1) is 6.92 Å². The van der Waals surface area contributed by atoms with E-state index >= 15 is 0 Å². The molecule has 0 spiro atoms. The number of carbonyl (C=O) groups excluding carboxylic acids is 1. The van der Waals surface area contributed by atoms with E-state index in [0.29, 0.717) is 54.2 Å². The van der Waals surface area contributed by atoms with Gasteiger partial charge in [0.1, 0.15) is 11.0 Å². The van der Waals surface area contributed by atoms with E-state index < -0.39 is 0 Å². The second-order valence-corrected chi connectivity index (χ2v) is 7.80. The SMILES string of the molecule is Cc1nn(Cc2ccccc2)c(Cl)c1C(=O)N1CCN(c2ccc(Cl)cn2)CC1. The van der Waals surface area contributed by atoms with Crippen LogP contribution in [0.1, 0.15) is 21.6 Å². The lowest BCUT2D eigenvalue weighted by atomic mass is 10.2. The molecule has 1 amide bonds. The number of carbonyl (C=O) groups is 1. The van der Waals surface area contributed by atoms with Crippen LogP contribution in [0.2, 0.25) is 10.2 Å². The molecule has 3 heterocycles. The minimum Gasteiger partial charge on any atom is -0.353 e. The molecule has 3 aromatic rings. The summed E-state index contributed by atoms with van der Waals surface area (Å²) < 4.78 is 1.69. The molecular weight excluding hydrogens is 409 g/mol. The lowest BCUT2D eigenvalue weighted by Crippen LogP contribution is -2.49. The molecule has 0 N–H and O–H groups in total. The Balaban J connectivity index is 1.45. The number of halogens is 2. The molecule has 0 radical (unpaired) electrons. The largest absolute Gasteiger partial charge is 0.353 e. The van der Waals surface area contributed by atoms with Crippen LogP contribution in [0.25, 0.3) is 0 Å². The van der Waals surface area contributed by atoms with Gasteiger partial charge >= 0.3 is 0 Å². The highest BCUT2D eigenvalue weighted by atomic mass is 35.5. The third-order valence-electron chi connectivity index (χ3n) is 5.06. The standard InChI is InChI=1S/C21H21Cl2N5O/c1-15-19(20(23)28(25-15)14-16-5-3-2-4-6-16)21(29)27-11-9-26(10-12-27)18-8-7-17(22)13-24-18/h2-8,13H,9-12,14H2,1H3. The minimum absolute atomic E-state index is 0.0736. The van der Waals surface area contributed by atoms with Crippen LogP contribution >= 0.6 is 23.2 Å². The maximum Gasteiger partial charge on any atom is 0.259 e. The number of aromatic nitrogens is 3. The molecule has 1 fully saturated rings. The highest BCUT2D eigenvalue weighted by Gasteiger charge is 2.28. The van der Waals surface area contributed by atoms with Gasteiger partial charge in [-0.3, -0.25) is 4.79 Å². The lowest BCUT2D eigenvalue weighted by molar-refractivity contribution is 0.0746. The van der Waals surface area contributed by atoms with Crippen LogP contribution < -0.4 is 4.90 Å². The number of pyridine rings is 1. The maximum atomic E-state index is 13.1. The van der Waals surface area contributed by atoms with Crippen molar-refractivity contribution < 1.29 is 4.79 Å². The van der Waals surface area contributed by atoms with Gasteiger partial charge in [0, 0.05) is 32.4 Å². The summed E-state index contributed by atoms with van der Waals surface area (Å²) >= 11 is 12.5. The topological polar surface area (TPSA) is 54.3 Å². The Morgan fingerprint density at radius 1 is 1.03 bits per heavy atom. The molecule has 150 valence electrons. The molecule has 0 aliphatic carbocycles. The van der Waals surface area contributed by atoms with Crippen LogP contribution in [0.15, 0.2) is 48.7 Å². The van der Waals surface area contributed by atoms with Crippen molar-refractivity contribution in [1.82, 2.24) is 19.7 Å². The quantitative estimate of drug-likeness (QED) is 0.630. The molecule has 1 aromatic carbocycles. The first-order valence-electron chi connectivity index (χ1n) is 9.45. The number of benzene rings is 1. The first-order valence-corrected chi connectivity index (χ1v) is 10.2. The monoisotopic (exact) mass is 429 g/mol. The van der Waals surface area contributed by atoms with Crippen molar-refractivity contribution in [3.05, 3.63) is 75.7 Å². The van der Waals surface area contributed by atoms with Crippen LogP contribution in [-0.4, -0.2) is 51.8 Å². The van der Waals surface area contributed by atoms with E-state index in [-0.39, 0.29) is 5.91 Å². The predicted molar refractivity (Wildman–Crippen MR) is 115 cm³/mol. The average molecular weight is 430 g/mol. The molecule has 2 aromatic heterocycles. The van der Waals surface area contributed by atoms with Crippen LogP contribution in [0.4, 0.5) is 5.82 Å². The fraction of sp³-hybridized carbons (Fsp3) is 0.286. The average Bonchev–Trinajstić information content (AvgIpc) is 3.02. The van der Waals surface area contributed by atoms with Crippen molar-refractivity contribution in [2.24, 2.45) is 0 Å². The normalized spacial score (nSPS) is 14.3. The molecule has 1 aliphatic rings. The van der Waals surface area contributed by atoms with E-state index in [0.717, 1.165) is 11.4 Å². The third-order valence-corrected chi connectivity index (χ3v) is 5.66. The zero-order chi connectivity index (χ0) is 20.4. The summed E-state index contributed by atoms with van der Waals surface area (Å²) in [6.07, 6.45) is 1.64. The number of hydrogen-bond acceptors (Lipinski definition) is 4. The molecule has 1 aliphatic heterocycles. The van der Waals surface area contributed by atoms with Crippen LogP contribution in [-0.2, 0) is 6.54 Å². The van der Waals surface area contributed by atoms with Gasteiger partial charge < -0.3 is 9.80 Å². The number of anilines is 1. The van der Waals surface area contributed by atoms with Crippen molar-refractivity contribution >= 4 is 34.9 Å². The van der Waals surface area contributed by atoms with Gasteiger partial charge in [0.15, 0.2) is 0 Å². The maximum absolute atomic E-state index is 13.1.